The summed E-state index contributed by atoms with van der Waals surface area (Å²) in [5.74, 6) is 0.608. The maximum Gasteiger partial charge on any atom is 0.191 e. The standard InChI is InChI=1S/C19H32N4O4S/c1-4-20-18(21-13-16-5-7-17(8-6-16)28(3,25)26)22-14-19(2,24)15-23-9-11-27-12-10-23/h5-8,24H,4,9-15H2,1-3H3,(H2,20,21,22). The summed E-state index contributed by atoms with van der Waals surface area (Å²) in [5, 5.41) is 17.0. The Hall–Kier alpha value is -1.68. The molecule has 0 aromatic heterocycles. The number of β-amino-alcohol motifs (C(OH)–C–C–N with tert-alkyl or cyclic N) is 1. The van der Waals surface area contributed by atoms with Crippen LogP contribution in [0.5, 0.6) is 0 Å². The van der Waals surface area contributed by atoms with Crippen molar-refractivity contribution < 1.29 is 18.3 Å². The van der Waals surface area contributed by atoms with Crippen LogP contribution in [0.15, 0.2) is 34.2 Å². The molecule has 9 heteroatoms. The van der Waals surface area contributed by atoms with Gasteiger partial charge >= 0.3 is 0 Å². The molecule has 3 N–H and O–H groups in total. The number of aliphatic imine (C=N–C) groups is 1. The Balaban J connectivity index is 1.92. The topological polar surface area (TPSA) is 103 Å². The highest BCUT2D eigenvalue weighted by atomic mass is 32.2. The summed E-state index contributed by atoms with van der Waals surface area (Å²) in [4.78, 5) is 7.01. The highest BCUT2D eigenvalue weighted by Crippen LogP contribution is 2.11. The van der Waals surface area contributed by atoms with Gasteiger partial charge in [0.1, 0.15) is 0 Å². The van der Waals surface area contributed by atoms with Crippen LogP contribution in [-0.2, 0) is 21.1 Å². The summed E-state index contributed by atoms with van der Waals surface area (Å²) in [6, 6.07) is 6.71. The minimum atomic E-state index is -3.20. The molecule has 0 aliphatic carbocycles. The first-order chi connectivity index (χ1) is 13.2. The molecule has 0 radical (unpaired) electrons. The van der Waals surface area contributed by atoms with Crippen LogP contribution in [0.2, 0.25) is 0 Å². The van der Waals surface area contributed by atoms with Crippen LogP contribution in [0.25, 0.3) is 0 Å². The van der Waals surface area contributed by atoms with Crippen molar-refractivity contribution >= 4 is 15.8 Å². The predicted octanol–water partition coefficient (Wildman–Crippen LogP) is 0.228. The molecule has 1 aromatic rings. The number of morpholine rings is 1. The molecular weight excluding hydrogens is 380 g/mol. The third kappa shape index (κ3) is 7.75. The normalized spacial score (nSPS) is 18.5. The van der Waals surface area contributed by atoms with E-state index in [1.54, 1.807) is 24.3 Å². The number of nitrogens with zero attached hydrogens (tertiary/aromatic N) is 2. The van der Waals surface area contributed by atoms with Crippen molar-refractivity contribution in [2.24, 2.45) is 4.99 Å². The van der Waals surface area contributed by atoms with Crippen LogP contribution in [-0.4, -0.2) is 82.2 Å². The Bertz CT molecular complexity index is 742. The van der Waals surface area contributed by atoms with Crippen molar-refractivity contribution in [2.75, 3.05) is 52.2 Å². The van der Waals surface area contributed by atoms with Crippen molar-refractivity contribution in [3.8, 4) is 0 Å². The number of aliphatic hydroxyl groups is 1. The molecule has 1 saturated heterocycles. The van der Waals surface area contributed by atoms with E-state index in [1.165, 1.54) is 6.26 Å². The van der Waals surface area contributed by atoms with Crippen molar-refractivity contribution in [1.82, 2.24) is 15.5 Å². The van der Waals surface area contributed by atoms with Crippen LogP contribution in [0.3, 0.4) is 0 Å². The summed E-state index contributed by atoms with van der Waals surface area (Å²) in [5.41, 5.74) is 0.00896. The van der Waals surface area contributed by atoms with E-state index < -0.39 is 15.4 Å². The van der Waals surface area contributed by atoms with E-state index in [4.69, 9.17) is 4.74 Å². The largest absolute Gasteiger partial charge is 0.387 e. The maximum absolute atomic E-state index is 11.5. The molecule has 1 atom stereocenters. The number of hydrogen-bond donors (Lipinski definition) is 3. The second-order valence-electron chi connectivity index (χ2n) is 7.35. The van der Waals surface area contributed by atoms with Gasteiger partial charge in [0, 0.05) is 39.0 Å². The predicted molar refractivity (Wildman–Crippen MR) is 110 cm³/mol. The minimum Gasteiger partial charge on any atom is -0.387 e. The molecule has 158 valence electrons. The minimum absolute atomic E-state index is 0.296. The number of ether oxygens (including phenoxy) is 1. The first-order valence-electron chi connectivity index (χ1n) is 9.53. The van der Waals surface area contributed by atoms with E-state index in [2.05, 4.69) is 20.5 Å². The molecule has 2 rings (SSSR count). The zero-order valence-corrected chi connectivity index (χ0v) is 17.8. The van der Waals surface area contributed by atoms with Gasteiger partial charge in [0.25, 0.3) is 0 Å². The summed E-state index contributed by atoms with van der Waals surface area (Å²) in [6.45, 7) is 8.88. The molecule has 0 saturated carbocycles. The number of benzene rings is 1. The highest BCUT2D eigenvalue weighted by molar-refractivity contribution is 7.90. The SMILES string of the molecule is CCNC(=NCc1ccc(S(C)(=O)=O)cc1)NCC(C)(O)CN1CCOCC1. The number of sulfone groups is 1. The van der Waals surface area contributed by atoms with Gasteiger partial charge in [-0.2, -0.15) is 0 Å². The van der Waals surface area contributed by atoms with Gasteiger partial charge in [-0.15, -0.1) is 0 Å². The molecule has 1 aliphatic heterocycles. The lowest BCUT2D eigenvalue weighted by Crippen LogP contribution is -2.52. The number of hydrogen-bond acceptors (Lipinski definition) is 6. The number of nitrogens with one attached hydrogen (secondary N) is 2. The maximum atomic E-state index is 11.5. The van der Waals surface area contributed by atoms with E-state index in [0.717, 1.165) is 18.7 Å². The average Bonchev–Trinajstić information content (AvgIpc) is 2.64. The smallest absolute Gasteiger partial charge is 0.191 e. The molecule has 8 nitrogen and oxygen atoms in total. The Morgan fingerprint density at radius 2 is 1.89 bits per heavy atom. The van der Waals surface area contributed by atoms with E-state index >= 15 is 0 Å². The number of rotatable bonds is 8. The summed E-state index contributed by atoms with van der Waals surface area (Å²) >= 11 is 0. The van der Waals surface area contributed by atoms with Gasteiger partial charge < -0.3 is 20.5 Å². The molecule has 1 unspecified atom stereocenters. The van der Waals surface area contributed by atoms with Gasteiger partial charge in [-0.05, 0) is 31.5 Å². The quantitative estimate of drug-likeness (QED) is 0.415. The van der Waals surface area contributed by atoms with Crippen LogP contribution in [0.1, 0.15) is 19.4 Å². The second kappa shape index (κ2) is 10.2. The van der Waals surface area contributed by atoms with Crippen molar-refractivity contribution in [2.45, 2.75) is 30.9 Å². The Morgan fingerprint density at radius 1 is 1.25 bits per heavy atom. The molecule has 1 aliphatic rings. The number of guanidine groups is 1. The zero-order valence-electron chi connectivity index (χ0n) is 16.9. The van der Waals surface area contributed by atoms with Crippen LogP contribution in [0, 0.1) is 0 Å². The molecule has 0 bridgehead atoms. The van der Waals surface area contributed by atoms with Gasteiger partial charge in [-0.1, -0.05) is 12.1 Å². The Labute approximate surface area is 167 Å². The Kier molecular flexibility index (Phi) is 8.23. The Morgan fingerprint density at radius 3 is 2.46 bits per heavy atom. The molecule has 0 amide bonds. The molecule has 28 heavy (non-hydrogen) atoms. The van der Waals surface area contributed by atoms with Gasteiger partial charge in [0.2, 0.25) is 0 Å². The van der Waals surface area contributed by atoms with Crippen LogP contribution >= 0.6 is 0 Å². The summed E-state index contributed by atoms with van der Waals surface area (Å²) < 4.78 is 28.4. The fraction of sp³-hybridized carbons (Fsp3) is 0.632. The zero-order chi connectivity index (χ0) is 20.6. The first kappa shape index (κ1) is 22.6. The lowest BCUT2D eigenvalue weighted by atomic mass is 10.1. The highest BCUT2D eigenvalue weighted by Gasteiger charge is 2.25. The monoisotopic (exact) mass is 412 g/mol. The lowest BCUT2D eigenvalue weighted by Gasteiger charge is -2.34. The van der Waals surface area contributed by atoms with Crippen molar-refractivity contribution in [1.29, 1.82) is 0 Å². The van der Waals surface area contributed by atoms with Gasteiger partial charge in [-0.25, -0.2) is 13.4 Å². The second-order valence-corrected chi connectivity index (χ2v) is 9.37. The van der Waals surface area contributed by atoms with Gasteiger partial charge in [-0.3, -0.25) is 4.90 Å². The lowest BCUT2D eigenvalue weighted by molar-refractivity contribution is -0.0201. The molecular formula is C19H32N4O4S. The van der Waals surface area contributed by atoms with Gasteiger partial charge in [0.15, 0.2) is 15.8 Å². The molecule has 1 fully saturated rings. The van der Waals surface area contributed by atoms with Crippen LogP contribution < -0.4 is 10.6 Å². The van der Waals surface area contributed by atoms with Gasteiger partial charge in [0.05, 0.1) is 30.3 Å². The van der Waals surface area contributed by atoms with E-state index in [0.29, 0.717) is 50.2 Å². The van der Waals surface area contributed by atoms with E-state index in [1.807, 2.05) is 13.8 Å². The fourth-order valence-corrected chi connectivity index (χ4v) is 3.56. The molecule has 1 heterocycles. The van der Waals surface area contributed by atoms with E-state index in [-0.39, 0.29) is 0 Å². The van der Waals surface area contributed by atoms with Crippen molar-refractivity contribution in [3.63, 3.8) is 0 Å². The molecule has 0 spiro atoms. The summed E-state index contributed by atoms with van der Waals surface area (Å²) in [7, 11) is -3.20. The summed E-state index contributed by atoms with van der Waals surface area (Å²) in [6.07, 6.45) is 1.19. The third-order valence-electron chi connectivity index (χ3n) is 4.42. The van der Waals surface area contributed by atoms with E-state index in [9.17, 15) is 13.5 Å². The fourth-order valence-electron chi connectivity index (χ4n) is 2.93. The average molecular weight is 413 g/mol. The van der Waals surface area contributed by atoms with Crippen LogP contribution in [0.4, 0.5) is 0 Å². The third-order valence-corrected chi connectivity index (χ3v) is 5.55. The van der Waals surface area contributed by atoms with Crippen molar-refractivity contribution in [3.05, 3.63) is 29.8 Å². The first-order valence-corrected chi connectivity index (χ1v) is 11.4. The molecule has 1 aromatic carbocycles.